The summed E-state index contributed by atoms with van der Waals surface area (Å²) >= 11 is 0. The molecule has 284 valence electrons. The molecule has 47 heavy (non-hydrogen) atoms. The van der Waals surface area contributed by atoms with Gasteiger partial charge < -0.3 is 0 Å². The normalized spacial score (nSPS) is 12.3. The van der Waals surface area contributed by atoms with Gasteiger partial charge in [-0.3, -0.25) is 0 Å². The standard InChI is InChI=1S/C36H74O9S2/c1-3-5-7-9-11-13-15-17-19-21-23-25-27-29-31-33-35-41-43-46(37,38)45-47(39,40)44-42-36-34-32-30-28-26-24-22-20-18-16-14-12-10-8-6-4-2/h3-36H2,1-2H3. The van der Waals surface area contributed by atoms with Crippen LogP contribution in [0.4, 0.5) is 0 Å². The molecular weight excluding hydrogens is 641 g/mol. The van der Waals surface area contributed by atoms with Gasteiger partial charge in [-0.1, -0.05) is 219 Å². The lowest BCUT2D eigenvalue weighted by Gasteiger charge is -2.06. The van der Waals surface area contributed by atoms with Gasteiger partial charge in [0, 0.05) is 0 Å². The molecule has 0 fully saturated rings. The quantitative estimate of drug-likeness (QED) is 0.0347. The molecule has 0 atom stereocenters. The van der Waals surface area contributed by atoms with Crippen molar-refractivity contribution >= 4 is 20.8 Å². The second-order valence-corrected chi connectivity index (χ2v) is 15.7. The van der Waals surface area contributed by atoms with Crippen molar-refractivity contribution in [2.75, 3.05) is 13.2 Å². The number of hydrogen-bond donors (Lipinski definition) is 0. The second-order valence-electron chi connectivity index (χ2n) is 13.3. The maximum absolute atomic E-state index is 11.7. The van der Waals surface area contributed by atoms with Crippen LogP contribution in [0.3, 0.4) is 0 Å². The van der Waals surface area contributed by atoms with Crippen molar-refractivity contribution < 1.29 is 38.9 Å². The molecule has 9 nitrogen and oxygen atoms in total. The fourth-order valence-corrected chi connectivity index (χ4v) is 7.10. The Morgan fingerprint density at radius 3 is 0.702 bits per heavy atom. The van der Waals surface area contributed by atoms with Gasteiger partial charge in [-0.2, -0.15) is 16.8 Å². The molecule has 0 aromatic carbocycles. The molecule has 0 radical (unpaired) electrons. The van der Waals surface area contributed by atoms with Crippen LogP contribution in [0, 0.1) is 0 Å². The fourth-order valence-electron chi connectivity index (χ4n) is 5.73. The maximum atomic E-state index is 11.7. The minimum atomic E-state index is -4.95. The summed E-state index contributed by atoms with van der Waals surface area (Å²) in [6.45, 7) is 4.53. The third-order valence-electron chi connectivity index (χ3n) is 8.59. The lowest BCUT2D eigenvalue weighted by atomic mass is 10.0. The van der Waals surface area contributed by atoms with E-state index >= 15 is 0 Å². The zero-order chi connectivity index (χ0) is 34.6. The van der Waals surface area contributed by atoms with E-state index in [2.05, 4.69) is 35.9 Å². The van der Waals surface area contributed by atoms with E-state index in [1.165, 1.54) is 154 Å². The van der Waals surface area contributed by atoms with Crippen molar-refractivity contribution in [3.05, 3.63) is 0 Å². The summed E-state index contributed by atoms with van der Waals surface area (Å²) in [4.78, 5) is 9.26. The molecule has 0 aromatic rings. The average molecular weight is 715 g/mol. The molecule has 0 unspecified atom stereocenters. The minimum Gasteiger partial charge on any atom is -0.218 e. The molecule has 0 aliphatic heterocycles. The SMILES string of the molecule is CCCCCCCCCCCCCCCCCCOOS(=O)(=O)OS(=O)(=O)OOCCCCCCCCCCCCCCCCCC. The molecule has 0 aromatic heterocycles. The highest BCUT2D eigenvalue weighted by Crippen LogP contribution is 2.16. The smallest absolute Gasteiger partial charge is 0.218 e. The van der Waals surface area contributed by atoms with Gasteiger partial charge in [-0.25, -0.2) is 9.78 Å². The molecule has 0 N–H and O–H groups in total. The molecule has 11 heteroatoms. The molecule has 0 bridgehead atoms. The Hall–Kier alpha value is -0.300. The molecular formula is C36H74O9S2. The first kappa shape index (κ1) is 46.7. The molecule has 0 aliphatic carbocycles. The van der Waals surface area contributed by atoms with Gasteiger partial charge in [-0.15, -0.1) is 0 Å². The fraction of sp³-hybridized carbons (Fsp3) is 1.00. The maximum Gasteiger partial charge on any atom is 0.443 e. The highest BCUT2D eigenvalue weighted by molar-refractivity contribution is 7.95. The van der Waals surface area contributed by atoms with Crippen molar-refractivity contribution in [2.45, 2.75) is 219 Å². The topological polar surface area (TPSA) is 114 Å². The van der Waals surface area contributed by atoms with Crippen molar-refractivity contribution in [3.63, 3.8) is 0 Å². The van der Waals surface area contributed by atoms with Crippen LogP contribution in [0.15, 0.2) is 0 Å². The zero-order valence-corrected chi connectivity index (χ0v) is 32.2. The van der Waals surface area contributed by atoms with Crippen LogP contribution in [0.1, 0.15) is 219 Å². The van der Waals surface area contributed by atoms with Gasteiger partial charge in [-0.05, 0) is 12.8 Å². The number of hydrogen-bond acceptors (Lipinski definition) is 9. The largest absolute Gasteiger partial charge is 0.443 e. The van der Waals surface area contributed by atoms with Crippen LogP contribution in [-0.2, 0) is 42.9 Å². The molecule has 0 amide bonds. The van der Waals surface area contributed by atoms with E-state index in [1.54, 1.807) is 0 Å². The van der Waals surface area contributed by atoms with Crippen molar-refractivity contribution in [3.8, 4) is 0 Å². The molecule has 0 aliphatic rings. The third kappa shape index (κ3) is 38.4. The van der Waals surface area contributed by atoms with Crippen LogP contribution in [0.5, 0.6) is 0 Å². The Kier molecular flexibility index (Phi) is 35.3. The first-order valence-corrected chi connectivity index (χ1v) is 22.3. The average Bonchev–Trinajstić information content (AvgIpc) is 3.03. The predicted octanol–water partition coefficient (Wildman–Crippen LogP) is 11.9. The molecule has 0 heterocycles. The van der Waals surface area contributed by atoms with Gasteiger partial charge in [0.25, 0.3) is 0 Å². The Bertz CT molecular complexity index is 767. The highest BCUT2D eigenvalue weighted by atomic mass is 32.3. The Labute approximate surface area is 291 Å². The summed E-state index contributed by atoms with van der Waals surface area (Å²) in [5.41, 5.74) is 0. The predicted molar refractivity (Wildman–Crippen MR) is 192 cm³/mol. The van der Waals surface area contributed by atoms with Gasteiger partial charge in [0.15, 0.2) is 0 Å². The monoisotopic (exact) mass is 714 g/mol. The lowest BCUT2D eigenvalue weighted by Crippen LogP contribution is -2.19. The van der Waals surface area contributed by atoms with Crippen molar-refractivity contribution in [1.82, 2.24) is 0 Å². The summed E-state index contributed by atoms with van der Waals surface area (Å²) < 4.78 is 59.2. The van der Waals surface area contributed by atoms with Gasteiger partial charge in [0.1, 0.15) is 0 Å². The van der Waals surface area contributed by atoms with Gasteiger partial charge >= 0.3 is 20.8 Å². The molecule has 0 rings (SSSR count). The van der Waals surface area contributed by atoms with E-state index in [9.17, 15) is 16.8 Å². The lowest BCUT2D eigenvalue weighted by molar-refractivity contribution is -0.216. The van der Waals surface area contributed by atoms with E-state index in [0.717, 1.165) is 38.5 Å². The van der Waals surface area contributed by atoms with E-state index in [-0.39, 0.29) is 13.2 Å². The summed E-state index contributed by atoms with van der Waals surface area (Å²) in [6.07, 6.45) is 39.3. The van der Waals surface area contributed by atoms with E-state index in [4.69, 9.17) is 0 Å². The van der Waals surface area contributed by atoms with E-state index < -0.39 is 20.8 Å². The van der Waals surface area contributed by atoms with Crippen molar-refractivity contribution in [2.24, 2.45) is 0 Å². The number of rotatable bonds is 40. The van der Waals surface area contributed by atoms with Crippen molar-refractivity contribution in [1.29, 1.82) is 0 Å². The third-order valence-corrected chi connectivity index (χ3v) is 10.5. The minimum absolute atomic E-state index is 0.0116. The first-order valence-electron chi connectivity index (χ1n) is 19.7. The van der Waals surface area contributed by atoms with E-state index in [1.807, 2.05) is 0 Å². The van der Waals surface area contributed by atoms with Crippen LogP contribution in [0.2, 0.25) is 0 Å². The Morgan fingerprint density at radius 1 is 0.298 bits per heavy atom. The highest BCUT2D eigenvalue weighted by Gasteiger charge is 2.27. The number of unbranched alkanes of at least 4 members (excludes halogenated alkanes) is 30. The van der Waals surface area contributed by atoms with Crippen LogP contribution in [0.25, 0.3) is 0 Å². The summed E-state index contributed by atoms with van der Waals surface area (Å²) in [6, 6.07) is 0. The van der Waals surface area contributed by atoms with Crippen LogP contribution in [-0.4, -0.2) is 30.0 Å². The van der Waals surface area contributed by atoms with E-state index in [0.29, 0.717) is 12.8 Å². The first-order chi connectivity index (χ1) is 22.8. The summed E-state index contributed by atoms with van der Waals surface area (Å²) in [5, 5.41) is 0. The summed E-state index contributed by atoms with van der Waals surface area (Å²) in [5.74, 6) is 0. The molecule has 0 saturated heterocycles. The van der Waals surface area contributed by atoms with Gasteiger partial charge in [0.05, 0.1) is 13.2 Å². The summed E-state index contributed by atoms with van der Waals surface area (Å²) in [7, 11) is -9.90. The molecule has 0 spiro atoms. The molecule has 0 saturated carbocycles. The second kappa shape index (κ2) is 35.5. The van der Waals surface area contributed by atoms with Gasteiger partial charge in [0.2, 0.25) is 0 Å². The zero-order valence-electron chi connectivity index (χ0n) is 30.5. The van der Waals surface area contributed by atoms with Crippen LogP contribution < -0.4 is 0 Å². The Balaban J connectivity index is 3.50. The van der Waals surface area contributed by atoms with Crippen LogP contribution >= 0.6 is 0 Å². The Morgan fingerprint density at radius 2 is 0.489 bits per heavy atom.